The third-order valence-corrected chi connectivity index (χ3v) is 4.64. The van der Waals surface area contributed by atoms with Gasteiger partial charge in [0.25, 0.3) is 5.91 Å². The molecule has 0 bridgehead atoms. The van der Waals surface area contributed by atoms with Crippen LogP contribution in [0.15, 0.2) is 60.9 Å². The van der Waals surface area contributed by atoms with Gasteiger partial charge < -0.3 is 10.2 Å². The van der Waals surface area contributed by atoms with Gasteiger partial charge in [0.1, 0.15) is 23.9 Å². The molecular weight excluding hydrogens is 338 g/mol. The second-order valence-corrected chi connectivity index (χ2v) is 6.42. The highest BCUT2D eigenvalue weighted by atomic mass is 16.1. The number of nitrogens with zero attached hydrogens (tertiary/aromatic N) is 4. The normalized spacial score (nSPS) is 15.1. The zero-order chi connectivity index (χ0) is 18.8. The molecule has 27 heavy (non-hydrogen) atoms. The monoisotopic (exact) mass is 355 g/mol. The Morgan fingerprint density at radius 3 is 2.81 bits per heavy atom. The van der Waals surface area contributed by atoms with Gasteiger partial charge >= 0.3 is 0 Å². The van der Waals surface area contributed by atoms with E-state index in [4.69, 9.17) is 0 Å². The van der Waals surface area contributed by atoms with E-state index < -0.39 is 0 Å². The van der Waals surface area contributed by atoms with E-state index in [0.29, 0.717) is 17.1 Å². The van der Waals surface area contributed by atoms with Crippen LogP contribution < -0.4 is 10.2 Å². The zero-order valence-corrected chi connectivity index (χ0v) is 14.8. The quantitative estimate of drug-likeness (QED) is 0.775. The van der Waals surface area contributed by atoms with Gasteiger partial charge in [0.2, 0.25) is 0 Å². The van der Waals surface area contributed by atoms with Crippen LogP contribution >= 0.6 is 0 Å². The molecule has 0 saturated carbocycles. The van der Waals surface area contributed by atoms with Crippen molar-refractivity contribution in [3.8, 4) is 6.07 Å². The molecule has 0 aliphatic carbocycles. The molecule has 0 saturated heterocycles. The minimum absolute atomic E-state index is 0.243. The molecule has 1 aliphatic heterocycles. The van der Waals surface area contributed by atoms with E-state index in [1.54, 1.807) is 30.3 Å². The van der Waals surface area contributed by atoms with Crippen LogP contribution in [0, 0.1) is 11.3 Å². The third kappa shape index (κ3) is 3.11. The fraction of sp³-hybridized carbons (Fsp3) is 0.143. The number of carbonyl (C=O) groups is 1. The number of hydrogen-bond donors (Lipinski definition) is 1. The van der Waals surface area contributed by atoms with E-state index in [2.05, 4.69) is 45.3 Å². The van der Waals surface area contributed by atoms with Crippen molar-refractivity contribution in [2.45, 2.75) is 19.4 Å². The number of benzene rings is 2. The first kappa shape index (κ1) is 16.7. The third-order valence-electron chi connectivity index (χ3n) is 4.64. The maximum Gasteiger partial charge on any atom is 0.274 e. The highest BCUT2D eigenvalue weighted by molar-refractivity contribution is 6.04. The Labute approximate surface area is 157 Å². The van der Waals surface area contributed by atoms with E-state index in [1.165, 1.54) is 11.9 Å². The average molecular weight is 355 g/mol. The number of fused-ring (bicyclic) bond motifs is 1. The summed E-state index contributed by atoms with van der Waals surface area (Å²) in [5, 5.41) is 11.9. The maximum atomic E-state index is 12.6. The Kier molecular flexibility index (Phi) is 4.27. The molecule has 132 valence electrons. The molecule has 1 N–H and O–H groups in total. The molecule has 1 atom stereocenters. The van der Waals surface area contributed by atoms with Crippen LogP contribution in [0.25, 0.3) is 0 Å². The molecule has 4 rings (SSSR count). The first-order chi connectivity index (χ1) is 13.2. The van der Waals surface area contributed by atoms with Gasteiger partial charge in [0.15, 0.2) is 0 Å². The molecule has 6 heteroatoms. The molecule has 1 unspecified atom stereocenters. The lowest BCUT2D eigenvalue weighted by atomic mass is 10.1. The van der Waals surface area contributed by atoms with Gasteiger partial charge in [-0.3, -0.25) is 4.79 Å². The summed E-state index contributed by atoms with van der Waals surface area (Å²) in [6.07, 6.45) is 2.32. The Morgan fingerprint density at radius 1 is 1.19 bits per heavy atom. The molecule has 6 nitrogen and oxygen atoms in total. The van der Waals surface area contributed by atoms with E-state index >= 15 is 0 Å². The van der Waals surface area contributed by atoms with Gasteiger partial charge in [-0.2, -0.15) is 5.26 Å². The molecule has 3 aromatic rings. The molecule has 2 aromatic carbocycles. The molecule has 0 spiro atoms. The van der Waals surface area contributed by atoms with Crippen molar-refractivity contribution in [3.63, 3.8) is 0 Å². The van der Waals surface area contributed by atoms with Crippen molar-refractivity contribution < 1.29 is 4.79 Å². The summed E-state index contributed by atoms with van der Waals surface area (Å²) in [7, 11) is 0. The molecule has 1 aromatic heterocycles. The predicted molar refractivity (Wildman–Crippen MR) is 103 cm³/mol. The first-order valence-corrected chi connectivity index (χ1v) is 8.67. The van der Waals surface area contributed by atoms with Crippen molar-refractivity contribution in [1.29, 1.82) is 5.26 Å². The molecule has 0 fully saturated rings. The van der Waals surface area contributed by atoms with Crippen LogP contribution in [0.1, 0.15) is 28.5 Å². The van der Waals surface area contributed by atoms with Gasteiger partial charge in [0, 0.05) is 17.8 Å². The topological polar surface area (TPSA) is 81.9 Å². The molecular formula is C21H17N5O. The van der Waals surface area contributed by atoms with Crippen molar-refractivity contribution in [3.05, 3.63) is 77.7 Å². The van der Waals surface area contributed by atoms with Crippen LogP contribution in [-0.4, -0.2) is 21.9 Å². The first-order valence-electron chi connectivity index (χ1n) is 8.67. The minimum atomic E-state index is -0.374. The van der Waals surface area contributed by atoms with Gasteiger partial charge in [0.05, 0.1) is 11.3 Å². The number of amides is 1. The highest BCUT2D eigenvalue weighted by Crippen LogP contribution is 2.37. The van der Waals surface area contributed by atoms with Crippen LogP contribution in [-0.2, 0) is 6.42 Å². The predicted octanol–water partition coefficient (Wildman–Crippen LogP) is 3.68. The van der Waals surface area contributed by atoms with Crippen LogP contribution in [0.4, 0.5) is 17.2 Å². The SMILES string of the molecule is CC1Cc2ccccc2N1c1cc(C(=O)Nc2ccccc2C#N)ncn1. The number of rotatable bonds is 3. The lowest BCUT2D eigenvalue weighted by Gasteiger charge is -2.23. The fourth-order valence-corrected chi connectivity index (χ4v) is 3.39. The van der Waals surface area contributed by atoms with Crippen LogP contribution in [0.5, 0.6) is 0 Å². The van der Waals surface area contributed by atoms with E-state index in [-0.39, 0.29) is 17.6 Å². The van der Waals surface area contributed by atoms with Crippen molar-refractivity contribution in [1.82, 2.24) is 9.97 Å². The second-order valence-electron chi connectivity index (χ2n) is 6.42. The summed E-state index contributed by atoms with van der Waals surface area (Å²) in [6.45, 7) is 2.13. The number of nitrogens with one attached hydrogen (secondary N) is 1. The van der Waals surface area contributed by atoms with Gasteiger partial charge in [-0.1, -0.05) is 30.3 Å². The van der Waals surface area contributed by atoms with Gasteiger partial charge in [-0.15, -0.1) is 0 Å². The fourth-order valence-electron chi connectivity index (χ4n) is 3.39. The van der Waals surface area contributed by atoms with Crippen molar-refractivity contribution in [2.75, 3.05) is 10.2 Å². The van der Waals surface area contributed by atoms with Crippen LogP contribution in [0.2, 0.25) is 0 Å². The largest absolute Gasteiger partial charge is 0.323 e. The Hall–Kier alpha value is -3.72. The minimum Gasteiger partial charge on any atom is -0.323 e. The molecule has 1 amide bonds. The Balaban J connectivity index is 1.64. The van der Waals surface area contributed by atoms with Gasteiger partial charge in [-0.25, -0.2) is 9.97 Å². The lowest BCUT2D eigenvalue weighted by molar-refractivity contribution is 0.102. The summed E-state index contributed by atoms with van der Waals surface area (Å²) in [4.78, 5) is 23.3. The van der Waals surface area contributed by atoms with E-state index in [9.17, 15) is 10.1 Å². The van der Waals surface area contributed by atoms with E-state index in [1.807, 2.05) is 12.1 Å². The Bertz CT molecular complexity index is 1060. The second kappa shape index (κ2) is 6.89. The standard InChI is InChI=1S/C21H17N5O/c1-14-10-15-6-3-5-9-19(15)26(14)20-11-18(23-13-24-20)21(27)25-17-8-4-2-7-16(17)12-22/h2-9,11,13-14H,10H2,1H3,(H,25,27). The van der Waals surface area contributed by atoms with Crippen LogP contribution in [0.3, 0.4) is 0 Å². The number of anilines is 3. The zero-order valence-electron chi connectivity index (χ0n) is 14.8. The van der Waals surface area contributed by atoms with Crippen molar-refractivity contribution in [2.24, 2.45) is 0 Å². The van der Waals surface area contributed by atoms with Crippen molar-refractivity contribution >= 4 is 23.1 Å². The number of hydrogen-bond acceptors (Lipinski definition) is 5. The average Bonchev–Trinajstić information content (AvgIpc) is 3.04. The van der Waals surface area contributed by atoms with E-state index in [0.717, 1.165) is 12.1 Å². The summed E-state index contributed by atoms with van der Waals surface area (Å²) in [6, 6.07) is 19.1. The van der Waals surface area contributed by atoms with Gasteiger partial charge in [-0.05, 0) is 37.1 Å². The molecule has 2 heterocycles. The highest BCUT2D eigenvalue weighted by Gasteiger charge is 2.28. The number of para-hydroxylation sites is 2. The molecule has 0 radical (unpaired) electrons. The smallest absolute Gasteiger partial charge is 0.274 e. The number of aromatic nitrogens is 2. The number of nitriles is 1. The summed E-state index contributed by atoms with van der Waals surface area (Å²) < 4.78 is 0. The summed E-state index contributed by atoms with van der Waals surface area (Å²) in [5.74, 6) is 0.308. The summed E-state index contributed by atoms with van der Waals surface area (Å²) >= 11 is 0. The summed E-state index contributed by atoms with van der Waals surface area (Å²) in [5.41, 5.74) is 3.49. The number of carbonyl (C=O) groups excluding carboxylic acids is 1. The molecule has 1 aliphatic rings. The lowest BCUT2D eigenvalue weighted by Crippen LogP contribution is -2.25. The maximum absolute atomic E-state index is 12.6. The Morgan fingerprint density at radius 2 is 1.96 bits per heavy atom.